The normalized spacial score (nSPS) is 18.7. The van der Waals surface area contributed by atoms with E-state index in [0.29, 0.717) is 12.5 Å². The van der Waals surface area contributed by atoms with Gasteiger partial charge in [-0.25, -0.2) is 9.98 Å². The fourth-order valence-corrected chi connectivity index (χ4v) is 3.64. The summed E-state index contributed by atoms with van der Waals surface area (Å²) in [5, 5.41) is 10.1. The van der Waals surface area contributed by atoms with Gasteiger partial charge in [0.1, 0.15) is 5.01 Å². The molecule has 1 aromatic heterocycles. The minimum atomic E-state index is 0. The molecule has 0 radical (unpaired) electrons. The van der Waals surface area contributed by atoms with Gasteiger partial charge >= 0.3 is 0 Å². The number of guanidine groups is 1. The third-order valence-corrected chi connectivity index (χ3v) is 5.10. The van der Waals surface area contributed by atoms with Crippen LogP contribution in [-0.4, -0.2) is 48.6 Å². The van der Waals surface area contributed by atoms with E-state index in [1.807, 2.05) is 0 Å². The Bertz CT molecular complexity index is 503. The Labute approximate surface area is 167 Å². The first-order chi connectivity index (χ1) is 11.1. The van der Waals surface area contributed by atoms with Crippen LogP contribution in [0.2, 0.25) is 0 Å². The van der Waals surface area contributed by atoms with Gasteiger partial charge in [0, 0.05) is 25.0 Å². The van der Waals surface area contributed by atoms with Crippen molar-refractivity contribution in [3.8, 4) is 0 Å². The zero-order valence-electron chi connectivity index (χ0n) is 15.3. The third-order valence-electron chi connectivity index (χ3n) is 4.25. The lowest BCUT2D eigenvalue weighted by molar-refractivity contribution is 0.342. The molecule has 1 saturated heterocycles. The molecule has 0 bridgehead atoms. The Morgan fingerprint density at radius 3 is 2.79 bits per heavy atom. The van der Waals surface area contributed by atoms with Crippen molar-refractivity contribution in [3.05, 3.63) is 16.1 Å². The molecule has 1 aromatic rings. The lowest BCUT2D eigenvalue weighted by Gasteiger charge is -2.16. The molecule has 1 aliphatic heterocycles. The maximum Gasteiger partial charge on any atom is 0.191 e. The molecule has 0 aliphatic carbocycles. The largest absolute Gasteiger partial charge is 0.357 e. The van der Waals surface area contributed by atoms with Crippen LogP contribution in [0.5, 0.6) is 0 Å². The molecule has 1 unspecified atom stereocenters. The van der Waals surface area contributed by atoms with E-state index in [1.54, 1.807) is 11.3 Å². The van der Waals surface area contributed by atoms with E-state index in [1.165, 1.54) is 25.2 Å². The highest BCUT2D eigenvalue weighted by atomic mass is 127. The molecule has 2 rings (SSSR count). The van der Waals surface area contributed by atoms with Crippen molar-refractivity contribution in [2.24, 2.45) is 10.9 Å². The fourth-order valence-electron chi connectivity index (χ4n) is 2.76. The van der Waals surface area contributed by atoms with Gasteiger partial charge in [-0.15, -0.1) is 35.3 Å². The first-order valence-electron chi connectivity index (χ1n) is 8.81. The number of hydrogen-bond donors (Lipinski definition) is 2. The van der Waals surface area contributed by atoms with Crippen molar-refractivity contribution < 1.29 is 0 Å². The zero-order valence-corrected chi connectivity index (χ0v) is 18.5. The van der Waals surface area contributed by atoms with Gasteiger partial charge < -0.3 is 15.5 Å². The molecule has 1 aliphatic rings. The number of nitrogens with zero attached hydrogens (tertiary/aromatic N) is 3. The van der Waals surface area contributed by atoms with E-state index in [-0.39, 0.29) is 24.0 Å². The molecular weight excluding hydrogens is 433 g/mol. The van der Waals surface area contributed by atoms with E-state index < -0.39 is 0 Å². The monoisotopic (exact) mass is 465 g/mol. The smallest absolute Gasteiger partial charge is 0.191 e. The van der Waals surface area contributed by atoms with E-state index in [9.17, 15) is 0 Å². The predicted molar refractivity (Wildman–Crippen MR) is 115 cm³/mol. The molecule has 0 saturated carbocycles. The second kappa shape index (κ2) is 11.3. The van der Waals surface area contributed by atoms with E-state index in [2.05, 4.69) is 58.6 Å². The summed E-state index contributed by atoms with van der Waals surface area (Å²) in [5.74, 6) is 2.12. The summed E-state index contributed by atoms with van der Waals surface area (Å²) in [6, 6.07) is 0. The van der Waals surface area contributed by atoms with E-state index in [0.717, 1.165) is 36.5 Å². The van der Waals surface area contributed by atoms with Crippen molar-refractivity contribution in [1.82, 2.24) is 20.5 Å². The van der Waals surface area contributed by atoms with Crippen LogP contribution < -0.4 is 10.6 Å². The summed E-state index contributed by atoms with van der Waals surface area (Å²) >= 11 is 1.70. The molecule has 24 heavy (non-hydrogen) atoms. The van der Waals surface area contributed by atoms with Crippen molar-refractivity contribution in [2.75, 3.05) is 32.7 Å². The molecule has 0 amide bonds. The van der Waals surface area contributed by atoms with Gasteiger partial charge in [-0.05, 0) is 38.3 Å². The average molecular weight is 465 g/mol. The first-order valence-corrected chi connectivity index (χ1v) is 9.69. The zero-order chi connectivity index (χ0) is 16.7. The first kappa shape index (κ1) is 21.6. The second-order valence-electron chi connectivity index (χ2n) is 6.44. The summed E-state index contributed by atoms with van der Waals surface area (Å²) in [6.45, 7) is 14.8. The van der Waals surface area contributed by atoms with Gasteiger partial charge in [0.15, 0.2) is 5.96 Å². The molecule has 2 N–H and O–H groups in total. The minimum Gasteiger partial charge on any atom is -0.357 e. The number of thiazole rings is 1. The number of nitrogens with one attached hydrogen (secondary N) is 2. The maximum absolute atomic E-state index is 4.69. The Hall–Kier alpha value is -0.410. The standard InChI is InChI=1S/C17H31N5S.HI/c1-5-18-17(19-9-14-7-8-22(6-2)11-14)20-10-16-21-15(12-23-16)13(3)4;/h12-14H,5-11H2,1-4H3,(H2,18,19,20);1H. The predicted octanol–water partition coefficient (Wildman–Crippen LogP) is 3.28. The molecule has 138 valence electrons. The van der Waals surface area contributed by atoms with Crippen LogP contribution >= 0.6 is 35.3 Å². The summed E-state index contributed by atoms with van der Waals surface area (Å²) in [7, 11) is 0. The van der Waals surface area contributed by atoms with Gasteiger partial charge in [-0.3, -0.25) is 0 Å². The van der Waals surface area contributed by atoms with Crippen LogP contribution in [0.1, 0.15) is 50.7 Å². The number of hydrogen-bond acceptors (Lipinski definition) is 4. The molecule has 1 fully saturated rings. The lowest BCUT2D eigenvalue weighted by atomic mass is 10.1. The van der Waals surface area contributed by atoms with Crippen LogP contribution in [0.15, 0.2) is 10.4 Å². The van der Waals surface area contributed by atoms with Crippen molar-refractivity contribution in [1.29, 1.82) is 0 Å². The van der Waals surface area contributed by atoms with Gasteiger partial charge in [0.25, 0.3) is 0 Å². The molecule has 0 spiro atoms. The summed E-state index contributed by atoms with van der Waals surface area (Å²) < 4.78 is 0. The number of aliphatic imine (C=N–C) groups is 1. The van der Waals surface area contributed by atoms with Crippen molar-refractivity contribution in [3.63, 3.8) is 0 Å². The third kappa shape index (κ3) is 6.84. The lowest BCUT2D eigenvalue weighted by Crippen LogP contribution is -2.40. The highest BCUT2D eigenvalue weighted by molar-refractivity contribution is 14.0. The second-order valence-corrected chi connectivity index (χ2v) is 7.39. The van der Waals surface area contributed by atoms with Crippen LogP contribution in [0, 0.1) is 5.92 Å². The number of rotatable bonds is 7. The summed E-state index contributed by atoms with van der Waals surface area (Å²) in [6.07, 6.45) is 1.28. The number of likely N-dealkylation sites (tertiary alicyclic amines) is 1. The Kier molecular flexibility index (Phi) is 10.1. The summed E-state index contributed by atoms with van der Waals surface area (Å²) in [4.78, 5) is 11.8. The number of halogens is 1. The average Bonchev–Trinajstić information content (AvgIpc) is 3.19. The van der Waals surface area contributed by atoms with E-state index >= 15 is 0 Å². The van der Waals surface area contributed by atoms with Gasteiger partial charge in [0.2, 0.25) is 0 Å². The van der Waals surface area contributed by atoms with Crippen LogP contribution in [0.4, 0.5) is 0 Å². The topological polar surface area (TPSA) is 52.6 Å². The Morgan fingerprint density at radius 1 is 1.42 bits per heavy atom. The molecule has 5 nitrogen and oxygen atoms in total. The SMILES string of the molecule is CCNC(=NCc1nc(C(C)C)cs1)NCC1CCN(CC)C1.I. The quantitative estimate of drug-likeness (QED) is 0.369. The molecule has 1 atom stereocenters. The van der Waals surface area contributed by atoms with Crippen molar-refractivity contribution >= 4 is 41.3 Å². The molecule has 7 heteroatoms. The van der Waals surface area contributed by atoms with Gasteiger partial charge in [-0.2, -0.15) is 0 Å². The van der Waals surface area contributed by atoms with E-state index in [4.69, 9.17) is 0 Å². The summed E-state index contributed by atoms with van der Waals surface area (Å²) in [5.41, 5.74) is 1.17. The Balaban J connectivity index is 0.00000288. The number of aromatic nitrogens is 1. The van der Waals surface area contributed by atoms with Crippen LogP contribution in [0.25, 0.3) is 0 Å². The van der Waals surface area contributed by atoms with Gasteiger partial charge in [-0.1, -0.05) is 20.8 Å². The highest BCUT2D eigenvalue weighted by Gasteiger charge is 2.20. The molecular formula is C17H32IN5S. The fraction of sp³-hybridized carbons (Fsp3) is 0.765. The van der Waals surface area contributed by atoms with Crippen LogP contribution in [-0.2, 0) is 6.54 Å². The molecule has 0 aromatic carbocycles. The van der Waals surface area contributed by atoms with Crippen molar-refractivity contribution in [2.45, 2.75) is 46.6 Å². The van der Waals surface area contributed by atoms with Crippen LogP contribution in [0.3, 0.4) is 0 Å². The maximum atomic E-state index is 4.69. The van der Waals surface area contributed by atoms with Gasteiger partial charge in [0.05, 0.1) is 12.2 Å². The molecule has 2 heterocycles. The highest BCUT2D eigenvalue weighted by Crippen LogP contribution is 2.18. The Morgan fingerprint density at radius 2 is 2.21 bits per heavy atom. The minimum absolute atomic E-state index is 0.